The highest BCUT2D eigenvalue weighted by molar-refractivity contribution is 5.64. The van der Waals surface area contributed by atoms with Crippen LogP contribution in [-0.4, -0.2) is 21.2 Å². The topological polar surface area (TPSA) is 78.0 Å². The largest absolute Gasteiger partial charge is 0.393 e. The molecule has 0 spiro atoms. The molecule has 1 unspecified atom stereocenters. The van der Waals surface area contributed by atoms with Crippen LogP contribution in [0.3, 0.4) is 0 Å². The van der Waals surface area contributed by atoms with Crippen LogP contribution >= 0.6 is 0 Å². The molecule has 4 aliphatic carbocycles. The van der Waals surface area contributed by atoms with E-state index in [9.17, 15) is 9.90 Å². The highest BCUT2D eigenvalue weighted by atomic mass is 16.3. The number of benzene rings is 1. The van der Waals surface area contributed by atoms with E-state index in [1.165, 1.54) is 48.9 Å². The maximum Gasteiger partial charge on any atom is 0.257 e. The Balaban J connectivity index is 1.31. The smallest absolute Gasteiger partial charge is 0.257 e. The first-order valence-corrected chi connectivity index (χ1v) is 14.1. The summed E-state index contributed by atoms with van der Waals surface area (Å²) in [6, 6.07) is 10.6. The number of nitrogens with zero attached hydrogens (tertiary/aromatic N) is 1. The van der Waals surface area contributed by atoms with Crippen molar-refractivity contribution in [3.05, 3.63) is 68.9 Å². The molecule has 0 bridgehead atoms. The Labute approximate surface area is 213 Å². The van der Waals surface area contributed by atoms with Crippen molar-refractivity contribution in [3.8, 4) is 0 Å². The van der Waals surface area contributed by atoms with Gasteiger partial charge in [-0.25, -0.2) is 4.98 Å². The van der Waals surface area contributed by atoms with Crippen molar-refractivity contribution in [3.63, 3.8) is 0 Å². The molecule has 0 radical (unpaired) electrons. The number of H-pyrrole nitrogens is 1. The van der Waals surface area contributed by atoms with E-state index >= 15 is 0 Å². The number of fused-ring (bicyclic) bond motifs is 7. The first-order valence-electron chi connectivity index (χ1n) is 14.1. The van der Waals surface area contributed by atoms with Crippen LogP contribution in [0.15, 0.2) is 46.4 Å². The van der Waals surface area contributed by atoms with Crippen LogP contribution in [0.2, 0.25) is 0 Å². The van der Waals surface area contributed by atoms with Gasteiger partial charge in [0.2, 0.25) is 0 Å². The SMILES string of the molecule is Cc1nc2c(c(=O)[nH]1)C(c1ccccc1)C1=C(N2)[C@@]2(C)CC[C@H]3[C@@H](CC[C@H]4C[C@@H](O)CC[C@@]43C)[C@@H]2C1. The summed E-state index contributed by atoms with van der Waals surface area (Å²) in [5, 5.41) is 14.2. The van der Waals surface area contributed by atoms with Gasteiger partial charge in [-0.05, 0) is 98.5 Å². The first-order chi connectivity index (χ1) is 17.3. The van der Waals surface area contributed by atoms with E-state index in [4.69, 9.17) is 4.98 Å². The molecule has 3 N–H and O–H groups in total. The van der Waals surface area contributed by atoms with Crippen molar-refractivity contribution in [2.75, 3.05) is 5.32 Å². The third-order valence-corrected chi connectivity index (χ3v) is 11.4. The Morgan fingerprint density at radius 1 is 1.03 bits per heavy atom. The number of rotatable bonds is 1. The van der Waals surface area contributed by atoms with Gasteiger partial charge in [0, 0.05) is 17.0 Å². The lowest BCUT2D eigenvalue weighted by Gasteiger charge is -2.60. The van der Waals surface area contributed by atoms with Gasteiger partial charge >= 0.3 is 0 Å². The molecule has 1 aromatic carbocycles. The number of anilines is 1. The number of aromatic amines is 1. The van der Waals surface area contributed by atoms with Crippen LogP contribution in [0, 0.1) is 41.4 Å². The average molecular weight is 486 g/mol. The number of hydrogen-bond acceptors (Lipinski definition) is 4. The van der Waals surface area contributed by atoms with Gasteiger partial charge in [0.15, 0.2) is 0 Å². The minimum absolute atomic E-state index is 0.0166. The van der Waals surface area contributed by atoms with E-state index in [0.29, 0.717) is 29.0 Å². The molecule has 2 heterocycles. The lowest BCUT2D eigenvalue weighted by molar-refractivity contribution is -0.117. The molecule has 7 rings (SSSR count). The van der Waals surface area contributed by atoms with Crippen LogP contribution in [0.1, 0.15) is 88.1 Å². The molecular weight excluding hydrogens is 446 g/mol. The summed E-state index contributed by atoms with van der Waals surface area (Å²) >= 11 is 0. The second kappa shape index (κ2) is 7.80. The minimum atomic E-state index is -0.0997. The van der Waals surface area contributed by atoms with Gasteiger partial charge in [0.1, 0.15) is 11.6 Å². The van der Waals surface area contributed by atoms with Crippen LogP contribution in [0.25, 0.3) is 0 Å². The second-order valence-electron chi connectivity index (χ2n) is 13.0. The number of hydrogen-bond donors (Lipinski definition) is 3. The molecule has 5 aliphatic rings. The molecular formula is C31H39N3O2. The Bertz CT molecular complexity index is 1300. The van der Waals surface area contributed by atoms with Gasteiger partial charge < -0.3 is 15.4 Å². The molecule has 8 atom stereocenters. The summed E-state index contributed by atoms with van der Waals surface area (Å²) in [6.07, 6.45) is 9.09. The van der Waals surface area contributed by atoms with Crippen LogP contribution in [0.5, 0.6) is 0 Å². The van der Waals surface area contributed by atoms with Crippen molar-refractivity contribution in [2.45, 2.75) is 84.2 Å². The van der Waals surface area contributed by atoms with E-state index in [-0.39, 0.29) is 23.0 Å². The molecule has 0 saturated heterocycles. The highest BCUT2D eigenvalue weighted by Gasteiger charge is 2.61. The van der Waals surface area contributed by atoms with Crippen molar-refractivity contribution in [1.82, 2.24) is 9.97 Å². The Morgan fingerprint density at radius 2 is 1.83 bits per heavy atom. The van der Waals surface area contributed by atoms with Crippen LogP contribution in [0.4, 0.5) is 5.82 Å². The minimum Gasteiger partial charge on any atom is -0.393 e. The molecule has 2 aromatic rings. The monoisotopic (exact) mass is 485 g/mol. The summed E-state index contributed by atoms with van der Waals surface area (Å²) in [4.78, 5) is 21.1. The fourth-order valence-electron chi connectivity index (χ4n) is 9.70. The lowest BCUT2D eigenvalue weighted by atomic mass is 9.45. The fourth-order valence-corrected chi connectivity index (χ4v) is 9.70. The number of aliphatic hydroxyl groups excluding tert-OH is 1. The van der Waals surface area contributed by atoms with Crippen LogP contribution < -0.4 is 10.9 Å². The second-order valence-corrected chi connectivity index (χ2v) is 13.0. The van der Waals surface area contributed by atoms with Crippen LogP contribution in [-0.2, 0) is 0 Å². The molecule has 36 heavy (non-hydrogen) atoms. The normalized spacial score (nSPS) is 40.9. The summed E-state index contributed by atoms with van der Waals surface area (Å²) in [5.74, 6) is 4.10. The molecule has 0 amide bonds. The number of nitrogens with one attached hydrogen (secondary N) is 2. The van der Waals surface area contributed by atoms with Gasteiger partial charge in [-0.15, -0.1) is 0 Å². The van der Waals surface area contributed by atoms with Gasteiger partial charge in [-0.3, -0.25) is 4.79 Å². The zero-order valence-electron chi connectivity index (χ0n) is 21.8. The molecule has 3 saturated carbocycles. The van der Waals surface area contributed by atoms with Gasteiger partial charge in [0.05, 0.1) is 11.7 Å². The van der Waals surface area contributed by atoms with Crippen molar-refractivity contribution >= 4 is 5.82 Å². The number of aromatic nitrogens is 2. The van der Waals surface area contributed by atoms with E-state index in [1.807, 2.05) is 6.92 Å². The molecule has 1 aliphatic heterocycles. The average Bonchev–Trinajstić information content (AvgIpc) is 3.16. The highest BCUT2D eigenvalue weighted by Crippen LogP contribution is 2.68. The molecule has 5 heteroatoms. The van der Waals surface area contributed by atoms with E-state index in [1.54, 1.807) is 0 Å². The third-order valence-electron chi connectivity index (χ3n) is 11.4. The molecule has 1 aromatic heterocycles. The van der Waals surface area contributed by atoms with Crippen molar-refractivity contribution < 1.29 is 5.11 Å². The Hall–Kier alpha value is -2.40. The number of aryl methyl sites for hydroxylation is 1. The predicted molar refractivity (Wildman–Crippen MR) is 142 cm³/mol. The Kier molecular flexibility index (Phi) is 4.93. The molecule has 5 nitrogen and oxygen atoms in total. The fraction of sp³-hybridized carbons (Fsp3) is 0.613. The summed E-state index contributed by atoms with van der Waals surface area (Å²) in [6.45, 7) is 6.92. The van der Waals surface area contributed by atoms with Crippen molar-refractivity contribution in [1.29, 1.82) is 0 Å². The van der Waals surface area contributed by atoms with Crippen molar-refractivity contribution in [2.24, 2.45) is 34.5 Å². The standard InChI is InChI=1S/C31H39N3O2/c1-17-32-28-26(29(36)33-17)25(18-7-5-4-6-8-18)22-16-24-21-10-9-19-15-20(35)11-13-30(19,2)23(21)12-14-31(24,3)27(22)34-28/h4-8,19-21,23-25,35H,9-16H2,1-3H3,(H2,32,33,34,36)/t19-,20-,21+,23-,24-,25?,30-,31-/m0/s1. The quantitative estimate of drug-likeness (QED) is 0.470. The Morgan fingerprint density at radius 3 is 2.64 bits per heavy atom. The van der Waals surface area contributed by atoms with Gasteiger partial charge in [-0.2, -0.15) is 0 Å². The first kappa shape index (κ1) is 22.8. The predicted octanol–water partition coefficient (Wildman–Crippen LogP) is 5.90. The zero-order valence-corrected chi connectivity index (χ0v) is 21.8. The zero-order chi connectivity index (χ0) is 24.8. The van der Waals surface area contributed by atoms with Gasteiger partial charge in [-0.1, -0.05) is 44.2 Å². The summed E-state index contributed by atoms with van der Waals surface area (Å²) in [7, 11) is 0. The molecule has 190 valence electrons. The molecule has 3 fully saturated rings. The van der Waals surface area contributed by atoms with E-state index in [0.717, 1.165) is 36.6 Å². The maximum atomic E-state index is 13.3. The number of allylic oxidation sites excluding steroid dienone is 2. The van der Waals surface area contributed by atoms with E-state index in [2.05, 4.69) is 54.5 Å². The van der Waals surface area contributed by atoms with Gasteiger partial charge in [0.25, 0.3) is 5.56 Å². The lowest BCUT2D eigenvalue weighted by Crippen LogP contribution is -2.53. The summed E-state index contributed by atoms with van der Waals surface area (Å²) in [5.41, 5.74) is 5.19. The maximum absolute atomic E-state index is 13.3. The van der Waals surface area contributed by atoms with E-state index < -0.39 is 0 Å². The third kappa shape index (κ3) is 3.04. The number of aliphatic hydroxyl groups is 1. The summed E-state index contributed by atoms with van der Waals surface area (Å²) < 4.78 is 0.